The number of hydrogen-bond donors (Lipinski definition) is 1. The molecule has 2 rings (SSSR count). The minimum atomic E-state index is 0.261. The van der Waals surface area contributed by atoms with E-state index in [9.17, 15) is 4.79 Å². The van der Waals surface area contributed by atoms with Crippen molar-refractivity contribution in [3.8, 4) is 0 Å². The summed E-state index contributed by atoms with van der Waals surface area (Å²) in [7, 11) is 0. The maximum atomic E-state index is 11.9. The molecule has 2 fully saturated rings. The van der Waals surface area contributed by atoms with E-state index in [1.54, 1.807) is 0 Å². The van der Waals surface area contributed by atoms with Crippen LogP contribution in [0.15, 0.2) is 0 Å². The number of carbonyl (C=O) groups excluding carboxylic acids is 1. The van der Waals surface area contributed by atoms with E-state index < -0.39 is 0 Å². The molecule has 5 heteroatoms. The average molecular weight is 271 g/mol. The van der Waals surface area contributed by atoms with Gasteiger partial charge in [-0.2, -0.15) is 11.8 Å². The van der Waals surface area contributed by atoms with Gasteiger partial charge in [0.15, 0.2) is 0 Å². The second kappa shape index (κ2) is 6.78. The molecule has 0 aromatic carbocycles. The average Bonchev–Trinajstić information content (AvgIpc) is 2.68. The lowest BCUT2D eigenvalue weighted by atomic mass is 10.1. The fourth-order valence-corrected chi connectivity index (χ4v) is 3.58. The Kier molecular flexibility index (Phi) is 5.33. The molecule has 2 aliphatic rings. The summed E-state index contributed by atoms with van der Waals surface area (Å²) in [6.07, 6.45) is 1.32. The fourth-order valence-electron chi connectivity index (χ4n) is 2.60. The molecule has 2 aliphatic heterocycles. The van der Waals surface area contributed by atoms with Gasteiger partial charge in [-0.25, -0.2) is 0 Å². The van der Waals surface area contributed by atoms with E-state index in [1.165, 1.54) is 24.6 Å². The second-order valence-electron chi connectivity index (χ2n) is 5.57. The van der Waals surface area contributed by atoms with Gasteiger partial charge >= 0.3 is 0 Å². The minimum absolute atomic E-state index is 0.261. The van der Waals surface area contributed by atoms with Crippen LogP contribution >= 0.6 is 11.8 Å². The van der Waals surface area contributed by atoms with Crippen LogP contribution in [0.2, 0.25) is 0 Å². The number of carbonyl (C=O) groups is 1. The molecular weight excluding hydrogens is 246 g/mol. The van der Waals surface area contributed by atoms with Gasteiger partial charge in [0.05, 0.1) is 12.7 Å². The zero-order valence-corrected chi connectivity index (χ0v) is 12.3. The number of nitrogens with one attached hydrogen (secondary N) is 1. The van der Waals surface area contributed by atoms with Crippen molar-refractivity contribution in [2.45, 2.75) is 26.4 Å². The van der Waals surface area contributed by atoms with Crippen molar-refractivity contribution >= 4 is 17.7 Å². The summed E-state index contributed by atoms with van der Waals surface area (Å²) in [4.78, 5) is 16.4. The Morgan fingerprint density at radius 1 is 1.33 bits per heavy atom. The molecule has 0 radical (unpaired) electrons. The van der Waals surface area contributed by atoms with Gasteiger partial charge in [0.2, 0.25) is 5.91 Å². The highest BCUT2D eigenvalue weighted by atomic mass is 32.2. The third-order valence-electron chi connectivity index (χ3n) is 3.64. The van der Waals surface area contributed by atoms with Crippen LogP contribution in [0.3, 0.4) is 0 Å². The molecule has 1 atom stereocenters. The third-order valence-corrected chi connectivity index (χ3v) is 4.58. The Labute approximate surface area is 114 Å². The Bertz CT molecular complexity index is 279. The molecule has 0 saturated carbocycles. The summed E-state index contributed by atoms with van der Waals surface area (Å²) in [6.45, 7) is 9.21. The smallest absolute Gasteiger partial charge is 0.237 e. The van der Waals surface area contributed by atoms with Crippen LogP contribution in [0.5, 0.6) is 0 Å². The quantitative estimate of drug-likeness (QED) is 0.804. The first-order chi connectivity index (χ1) is 8.66. The van der Waals surface area contributed by atoms with Crippen molar-refractivity contribution in [3.63, 3.8) is 0 Å². The molecule has 1 amide bonds. The highest BCUT2D eigenvalue weighted by molar-refractivity contribution is 7.99. The lowest BCUT2D eigenvalue weighted by molar-refractivity contribution is -0.128. The first-order valence-electron chi connectivity index (χ1n) is 7.00. The maximum absolute atomic E-state index is 11.9. The summed E-state index contributed by atoms with van der Waals surface area (Å²) < 4.78 is 0. The predicted octanol–water partition coefficient (Wildman–Crippen LogP) is 0.839. The molecule has 0 aromatic heterocycles. The van der Waals surface area contributed by atoms with E-state index in [2.05, 4.69) is 24.1 Å². The van der Waals surface area contributed by atoms with Gasteiger partial charge in [-0.1, -0.05) is 13.8 Å². The van der Waals surface area contributed by atoms with Gasteiger partial charge in [0.25, 0.3) is 0 Å². The van der Waals surface area contributed by atoms with Gasteiger partial charge in [0, 0.05) is 37.7 Å². The predicted molar refractivity (Wildman–Crippen MR) is 76.7 cm³/mol. The fraction of sp³-hybridized carbons (Fsp3) is 0.923. The van der Waals surface area contributed by atoms with Crippen LogP contribution in [0.25, 0.3) is 0 Å². The molecule has 0 spiro atoms. The normalized spacial score (nSPS) is 26.3. The number of hydrogen-bond acceptors (Lipinski definition) is 4. The monoisotopic (exact) mass is 271 g/mol. The van der Waals surface area contributed by atoms with Crippen LogP contribution < -0.4 is 5.32 Å². The van der Waals surface area contributed by atoms with Crippen molar-refractivity contribution in [2.75, 3.05) is 44.2 Å². The number of amides is 1. The topological polar surface area (TPSA) is 35.6 Å². The van der Waals surface area contributed by atoms with Crippen LogP contribution in [0.1, 0.15) is 20.3 Å². The van der Waals surface area contributed by atoms with Gasteiger partial charge < -0.3 is 4.90 Å². The van der Waals surface area contributed by atoms with Crippen molar-refractivity contribution < 1.29 is 4.79 Å². The molecule has 2 heterocycles. The lowest BCUT2D eigenvalue weighted by Crippen LogP contribution is -2.44. The Morgan fingerprint density at radius 2 is 2.06 bits per heavy atom. The highest BCUT2D eigenvalue weighted by Crippen LogP contribution is 2.15. The summed E-state index contributed by atoms with van der Waals surface area (Å²) >= 11 is 2.03. The van der Waals surface area contributed by atoms with Crippen molar-refractivity contribution in [3.05, 3.63) is 0 Å². The van der Waals surface area contributed by atoms with E-state index in [0.717, 1.165) is 19.5 Å². The maximum Gasteiger partial charge on any atom is 0.237 e. The van der Waals surface area contributed by atoms with E-state index in [1.807, 2.05) is 16.7 Å². The van der Waals surface area contributed by atoms with E-state index >= 15 is 0 Å². The first kappa shape index (κ1) is 14.2. The van der Waals surface area contributed by atoms with Crippen molar-refractivity contribution in [1.29, 1.82) is 0 Å². The molecule has 104 valence electrons. The molecule has 4 nitrogen and oxygen atoms in total. The highest BCUT2D eigenvalue weighted by Gasteiger charge is 2.30. The largest absolute Gasteiger partial charge is 0.325 e. The molecular formula is C13H25N3OS. The van der Waals surface area contributed by atoms with E-state index in [0.29, 0.717) is 12.5 Å². The second-order valence-corrected chi connectivity index (χ2v) is 6.79. The molecule has 18 heavy (non-hydrogen) atoms. The van der Waals surface area contributed by atoms with Gasteiger partial charge in [-0.3, -0.25) is 15.0 Å². The van der Waals surface area contributed by atoms with E-state index in [4.69, 9.17) is 0 Å². The standard InChI is InChI=1S/C13H25N3OS/c1-11(2)9-12-14-10-13(17)16(12)4-3-15-5-7-18-8-6-15/h11-12,14H,3-10H2,1-2H3. The van der Waals surface area contributed by atoms with Crippen molar-refractivity contribution in [1.82, 2.24) is 15.1 Å². The Balaban J connectivity index is 1.79. The summed E-state index contributed by atoms with van der Waals surface area (Å²) in [5.74, 6) is 3.37. The molecule has 0 aliphatic carbocycles. The number of thioether (sulfide) groups is 1. The number of nitrogens with zero attached hydrogens (tertiary/aromatic N) is 2. The van der Waals surface area contributed by atoms with E-state index in [-0.39, 0.29) is 12.1 Å². The molecule has 0 bridgehead atoms. The van der Waals surface area contributed by atoms with Crippen molar-refractivity contribution in [2.24, 2.45) is 5.92 Å². The minimum Gasteiger partial charge on any atom is -0.325 e. The zero-order valence-electron chi connectivity index (χ0n) is 11.5. The zero-order chi connectivity index (χ0) is 13.0. The lowest BCUT2D eigenvalue weighted by Gasteiger charge is -2.31. The molecule has 1 N–H and O–H groups in total. The molecule has 1 unspecified atom stereocenters. The van der Waals surface area contributed by atoms with Gasteiger partial charge in [-0.15, -0.1) is 0 Å². The Morgan fingerprint density at radius 3 is 2.72 bits per heavy atom. The Hall–Kier alpha value is -0.260. The van der Waals surface area contributed by atoms with Crippen LogP contribution in [0.4, 0.5) is 0 Å². The first-order valence-corrected chi connectivity index (χ1v) is 8.15. The molecule has 0 aromatic rings. The van der Waals surface area contributed by atoms with Gasteiger partial charge in [0.1, 0.15) is 0 Å². The number of rotatable bonds is 5. The summed E-state index contributed by atoms with van der Waals surface area (Å²) in [5.41, 5.74) is 0. The van der Waals surface area contributed by atoms with Crippen LogP contribution in [-0.2, 0) is 4.79 Å². The third kappa shape index (κ3) is 3.87. The molecule has 2 saturated heterocycles. The van der Waals surface area contributed by atoms with Gasteiger partial charge in [-0.05, 0) is 12.3 Å². The van der Waals surface area contributed by atoms with Crippen LogP contribution in [-0.4, -0.2) is 66.1 Å². The summed E-state index contributed by atoms with van der Waals surface area (Å²) in [6, 6.07) is 0. The SMILES string of the molecule is CC(C)CC1NCC(=O)N1CCN1CCSCC1. The summed E-state index contributed by atoms with van der Waals surface area (Å²) in [5, 5.41) is 3.33. The van der Waals surface area contributed by atoms with Crippen LogP contribution in [0, 0.1) is 5.92 Å².